The molecule has 3 rings (SSSR count). The molecule has 1 aromatic carbocycles. The largest absolute Gasteiger partial charge is 0.326 e. The lowest BCUT2D eigenvalue weighted by molar-refractivity contribution is -0.136. The first-order valence-electron chi connectivity index (χ1n) is 7.99. The van der Waals surface area contributed by atoms with Crippen LogP contribution in [0.1, 0.15) is 32.1 Å². The first-order chi connectivity index (χ1) is 10.8. The molecule has 2 saturated carbocycles. The first kappa shape index (κ1) is 16.2. The third-order valence-electron chi connectivity index (χ3n) is 4.97. The molecule has 2 atom stereocenters. The van der Waals surface area contributed by atoms with Gasteiger partial charge < -0.3 is 5.32 Å². The fourth-order valence-electron chi connectivity index (χ4n) is 3.72. The smallest absolute Gasteiger partial charge is 0.227 e. The van der Waals surface area contributed by atoms with E-state index in [1.807, 2.05) is 0 Å². The molecule has 23 heavy (non-hydrogen) atoms. The van der Waals surface area contributed by atoms with Gasteiger partial charge in [0.2, 0.25) is 5.91 Å². The summed E-state index contributed by atoms with van der Waals surface area (Å²) in [5.41, 5.74) is 0.587. The maximum Gasteiger partial charge on any atom is 0.227 e. The topological polar surface area (TPSA) is 80.3 Å². The first-order valence-corrected chi connectivity index (χ1v) is 9.88. The van der Waals surface area contributed by atoms with E-state index in [2.05, 4.69) is 5.32 Å². The van der Waals surface area contributed by atoms with E-state index < -0.39 is 9.84 Å². The third-order valence-corrected chi connectivity index (χ3v) is 6.10. The van der Waals surface area contributed by atoms with Gasteiger partial charge in [-0.25, -0.2) is 8.42 Å². The molecule has 1 amide bonds. The van der Waals surface area contributed by atoms with E-state index in [1.165, 1.54) is 12.1 Å². The van der Waals surface area contributed by atoms with E-state index in [1.54, 1.807) is 12.1 Å². The fourth-order valence-corrected chi connectivity index (χ4v) is 4.35. The summed E-state index contributed by atoms with van der Waals surface area (Å²) in [5.74, 6) is 0.244. The summed E-state index contributed by atoms with van der Waals surface area (Å²) in [6.45, 7) is 0. The van der Waals surface area contributed by atoms with Crippen molar-refractivity contribution < 1.29 is 18.0 Å². The Hall–Kier alpha value is -1.69. The average molecular weight is 335 g/mol. The highest BCUT2D eigenvalue weighted by atomic mass is 32.2. The zero-order chi connectivity index (χ0) is 16.6. The van der Waals surface area contributed by atoms with Crippen LogP contribution in [-0.2, 0) is 19.4 Å². The minimum atomic E-state index is -3.24. The summed E-state index contributed by atoms with van der Waals surface area (Å²) in [6, 6.07) is 6.18. The second-order valence-corrected chi connectivity index (χ2v) is 8.70. The number of hydrogen-bond donors (Lipinski definition) is 1. The number of carbonyl (C=O) groups excluding carboxylic acids is 2. The quantitative estimate of drug-likeness (QED) is 0.920. The molecule has 1 aromatic rings. The minimum Gasteiger partial charge on any atom is -0.326 e. The number of amides is 1. The molecule has 0 saturated heterocycles. The normalized spacial score (nSPS) is 27.5. The van der Waals surface area contributed by atoms with E-state index in [0.29, 0.717) is 24.3 Å². The summed E-state index contributed by atoms with van der Waals surface area (Å²) in [7, 11) is -3.24. The van der Waals surface area contributed by atoms with Gasteiger partial charge in [0.25, 0.3) is 0 Å². The lowest BCUT2D eigenvalue weighted by Gasteiger charge is -2.36. The summed E-state index contributed by atoms with van der Waals surface area (Å²) < 4.78 is 22.9. The van der Waals surface area contributed by atoms with Gasteiger partial charge in [-0.05, 0) is 49.9 Å². The number of hydrogen-bond acceptors (Lipinski definition) is 4. The highest BCUT2D eigenvalue weighted by Gasteiger charge is 2.41. The number of carbonyl (C=O) groups is 2. The van der Waals surface area contributed by atoms with Crippen LogP contribution in [0.4, 0.5) is 5.69 Å². The summed E-state index contributed by atoms with van der Waals surface area (Å²) >= 11 is 0. The van der Waals surface area contributed by atoms with Gasteiger partial charge in [0.05, 0.1) is 4.90 Å². The van der Waals surface area contributed by atoms with Gasteiger partial charge in [-0.15, -0.1) is 0 Å². The highest BCUT2D eigenvalue weighted by Crippen LogP contribution is 2.40. The lowest BCUT2D eigenvalue weighted by atomic mass is 9.67. The van der Waals surface area contributed by atoms with E-state index >= 15 is 0 Å². The molecule has 0 spiro atoms. The lowest BCUT2D eigenvalue weighted by Crippen LogP contribution is -2.40. The van der Waals surface area contributed by atoms with E-state index in [4.69, 9.17) is 0 Å². The molecule has 2 aliphatic rings. The molecule has 5 nitrogen and oxygen atoms in total. The molecule has 124 valence electrons. The van der Waals surface area contributed by atoms with Crippen LogP contribution in [0, 0.1) is 17.8 Å². The number of sulfone groups is 1. The van der Waals surface area contributed by atoms with Gasteiger partial charge >= 0.3 is 0 Å². The van der Waals surface area contributed by atoms with Crippen molar-refractivity contribution in [1.82, 2.24) is 0 Å². The van der Waals surface area contributed by atoms with Crippen molar-refractivity contribution in [2.45, 2.75) is 37.0 Å². The number of anilines is 1. The monoisotopic (exact) mass is 335 g/mol. The number of nitrogens with one attached hydrogen (secondary N) is 1. The minimum absolute atomic E-state index is 0.0471. The molecule has 0 radical (unpaired) electrons. The van der Waals surface area contributed by atoms with Gasteiger partial charge in [0.15, 0.2) is 9.84 Å². The van der Waals surface area contributed by atoms with Gasteiger partial charge in [-0.3, -0.25) is 9.59 Å². The molecule has 1 N–H and O–H groups in total. The Morgan fingerprint density at radius 2 is 1.65 bits per heavy atom. The molecule has 2 aliphatic carbocycles. The second kappa shape index (κ2) is 6.07. The molecule has 2 fully saturated rings. The van der Waals surface area contributed by atoms with Gasteiger partial charge in [0, 0.05) is 29.7 Å². The van der Waals surface area contributed by atoms with E-state index in [9.17, 15) is 18.0 Å². The van der Waals surface area contributed by atoms with Crippen LogP contribution < -0.4 is 5.32 Å². The Morgan fingerprint density at radius 3 is 2.17 bits per heavy atom. The molecule has 0 aliphatic heterocycles. The number of Topliss-reactive ketones (excluding diaryl/α,β-unsaturated/α-hetero) is 1. The predicted octanol–water partition coefficient (Wildman–Crippen LogP) is 2.42. The van der Waals surface area contributed by atoms with Crippen molar-refractivity contribution in [1.29, 1.82) is 0 Å². The van der Waals surface area contributed by atoms with Crippen molar-refractivity contribution in [3.05, 3.63) is 24.3 Å². The van der Waals surface area contributed by atoms with Crippen LogP contribution in [0.25, 0.3) is 0 Å². The van der Waals surface area contributed by atoms with Crippen molar-refractivity contribution in [2.75, 3.05) is 11.6 Å². The van der Waals surface area contributed by atoms with Crippen LogP contribution in [0.2, 0.25) is 0 Å². The van der Waals surface area contributed by atoms with Crippen LogP contribution in [0.5, 0.6) is 0 Å². The van der Waals surface area contributed by atoms with Crippen molar-refractivity contribution >= 4 is 27.2 Å². The van der Waals surface area contributed by atoms with Crippen LogP contribution in [0.15, 0.2) is 29.2 Å². The highest BCUT2D eigenvalue weighted by molar-refractivity contribution is 7.90. The van der Waals surface area contributed by atoms with Crippen molar-refractivity contribution in [2.24, 2.45) is 17.8 Å². The summed E-state index contributed by atoms with van der Waals surface area (Å²) in [5, 5.41) is 2.85. The van der Waals surface area contributed by atoms with Crippen molar-refractivity contribution in [3.63, 3.8) is 0 Å². The number of ketones is 1. The van der Waals surface area contributed by atoms with Crippen molar-refractivity contribution in [3.8, 4) is 0 Å². The Labute approximate surface area is 136 Å². The molecule has 2 bridgehead atoms. The Bertz CT molecular complexity index is 707. The maximum atomic E-state index is 12.4. The standard InChI is InChI=1S/C17H21NO4S/c1-23(21,22)15-7-5-14(6-8-15)18-17(20)13-9-11-3-2-4-12(10-13)16(11)19/h5-8,11-13H,2-4,9-10H2,1H3,(H,18,20). The number of fused-ring (bicyclic) bond motifs is 2. The van der Waals surface area contributed by atoms with E-state index in [-0.39, 0.29) is 28.6 Å². The van der Waals surface area contributed by atoms with Crippen LogP contribution >= 0.6 is 0 Å². The Balaban J connectivity index is 1.66. The zero-order valence-electron chi connectivity index (χ0n) is 13.1. The SMILES string of the molecule is CS(=O)(=O)c1ccc(NC(=O)C2CC3CCCC(C2)C3=O)cc1. The molecule has 0 aromatic heterocycles. The maximum absolute atomic E-state index is 12.4. The second-order valence-electron chi connectivity index (χ2n) is 6.68. The van der Waals surface area contributed by atoms with E-state index in [0.717, 1.165) is 25.5 Å². The van der Waals surface area contributed by atoms with Gasteiger partial charge in [-0.1, -0.05) is 6.42 Å². The number of benzene rings is 1. The average Bonchev–Trinajstić information content (AvgIpc) is 2.46. The molecular formula is C17H21NO4S. The zero-order valence-corrected chi connectivity index (χ0v) is 13.9. The Kier molecular flexibility index (Phi) is 4.27. The summed E-state index contributed by atoms with van der Waals surface area (Å²) in [6.07, 6.45) is 5.33. The van der Waals surface area contributed by atoms with Gasteiger partial charge in [-0.2, -0.15) is 0 Å². The molecule has 2 unspecified atom stereocenters. The number of rotatable bonds is 3. The molecular weight excluding hydrogens is 314 g/mol. The third kappa shape index (κ3) is 3.47. The predicted molar refractivity (Wildman–Crippen MR) is 86.7 cm³/mol. The molecule has 6 heteroatoms. The van der Waals surface area contributed by atoms with Crippen LogP contribution in [0.3, 0.4) is 0 Å². The van der Waals surface area contributed by atoms with Gasteiger partial charge in [0.1, 0.15) is 5.78 Å². The van der Waals surface area contributed by atoms with Crippen LogP contribution in [-0.4, -0.2) is 26.4 Å². The fraction of sp³-hybridized carbons (Fsp3) is 0.529. The Morgan fingerprint density at radius 1 is 1.09 bits per heavy atom. The molecule has 0 heterocycles. The summed E-state index contributed by atoms with van der Waals surface area (Å²) in [4.78, 5) is 24.8.